The minimum Gasteiger partial charge on any atom is -0.379 e. The van der Waals surface area contributed by atoms with Gasteiger partial charge in [-0.25, -0.2) is 0 Å². The molecule has 0 saturated carbocycles. The molecule has 0 N–H and O–H groups in total. The lowest BCUT2D eigenvalue weighted by molar-refractivity contribution is 0.0511. The number of hydrogen-bond donors (Lipinski definition) is 0. The van der Waals surface area contributed by atoms with Crippen molar-refractivity contribution in [3.05, 3.63) is 0 Å². The van der Waals surface area contributed by atoms with Crippen molar-refractivity contribution in [3.63, 3.8) is 0 Å². The Bertz CT molecular complexity index is 276. The number of hydrogen-bond acceptors (Lipinski definition) is 4. The molecule has 0 atom stereocenters. The standard InChI is InChI=1S/C19H39N3O/c1-17(2)19-5-7-20(8-6-19)13-15-23-16-14-21-9-11-22(12-10-21)18(3)4/h17-19H,5-16H2,1-4H3. The van der Waals surface area contributed by atoms with E-state index in [1.54, 1.807) is 0 Å². The van der Waals surface area contributed by atoms with Crippen molar-refractivity contribution in [1.29, 1.82) is 0 Å². The molecule has 0 bridgehead atoms. The summed E-state index contributed by atoms with van der Waals surface area (Å²) in [5.74, 6) is 1.79. The fraction of sp³-hybridized carbons (Fsp3) is 1.00. The molecule has 23 heavy (non-hydrogen) atoms. The van der Waals surface area contributed by atoms with Gasteiger partial charge in [-0.3, -0.25) is 9.80 Å². The Hall–Kier alpha value is -0.160. The van der Waals surface area contributed by atoms with Crippen molar-refractivity contribution < 1.29 is 4.74 Å². The van der Waals surface area contributed by atoms with Gasteiger partial charge >= 0.3 is 0 Å². The van der Waals surface area contributed by atoms with Gasteiger partial charge in [0.15, 0.2) is 0 Å². The van der Waals surface area contributed by atoms with Gasteiger partial charge in [0.1, 0.15) is 0 Å². The van der Waals surface area contributed by atoms with E-state index in [0.29, 0.717) is 6.04 Å². The molecule has 0 unspecified atom stereocenters. The number of rotatable bonds is 8. The van der Waals surface area contributed by atoms with Crippen LogP contribution in [0.2, 0.25) is 0 Å². The van der Waals surface area contributed by atoms with Crippen molar-refractivity contribution in [1.82, 2.24) is 14.7 Å². The van der Waals surface area contributed by atoms with E-state index in [-0.39, 0.29) is 0 Å². The summed E-state index contributed by atoms with van der Waals surface area (Å²) in [6.45, 7) is 20.7. The van der Waals surface area contributed by atoms with Gasteiger partial charge < -0.3 is 9.64 Å². The third-order valence-corrected chi connectivity index (χ3v) is 5.82. The third kappa shape index (κ3) is 6.69. The highest BCUT2D eigenvalue weighted by Gasteiger charge is 2.21. The highest BCUT2D eigenvalue weighted by atomic mass is 16.5. The van der Waals surface area contributed by atoms with Gasteiger partial charge in [0, 0.05) is 45.3 Å². The third-order valence-electron chi connectivity index (χ3n) is 5.82. The number of piperazine rings is 1. The summed E-state index contributed by atoms with van der Waals surface area (Å²) in [6, 6.07) is 0.688. The molecule has 2 saturated heterocycles. The summed E-state index contributed by atoms with van der Waals surface area (Å²) in [7, 11) is 0. The van der Waals surface area contributed by atoms with Crippen molar-refractivity contribution in [2.24, 2.45) is 11.8 Å². The Morgan fingerprint density at radius 2 is 1.30 bits per heavy atom. The first-order valence-electron chi connectivity index (χ1n) is 9.82. The molecule has 136 valence electrons. The lowest BCUT2D eigenvalue weighted by Gasteiger charge is -2.37. The molecule has 0 aliphatic carbocycles. The fourth-order valence-corrected chi connectivity index (χ4v) is 3.84. The van der Waals surface area contributed by atoms with Crippen LogP contribution in [0.1, 0.15) is 40.5 Å². The molecule has 0 radical (unpaired) electrons. The second-order valence-electron chi connectivity index (χ2n) is 8.01. The SMILES string of the molecule is CC(C)C1CCN(CCOCCN2CCN(C(C)C)CC2)CC1. The zero-order valence-corrected chi connectivity index (χ0v) is 16.0. The van der Waals surface area contributed by atoms with E-state index in [1.165, 1.54) is 52.1 Å². The predicted molar refractivity (Wildman–Crippen MR) is 98.0 cm³/mol. The molecule has 4 heteroatoms. The topological polar surface area (TPSA) is 19.0 Å². The molecule has 0 aromatic rings. The van der Waals surface area contributed by atoms with Crippen LogP contribution in [-0.4, -0.2) is 86.3 Å². The van der Waals surface area contributed by atoms with Crippen LogP contribution in [0.25, 0.3) is 0 Å². The van der Waals surface area contributed by atoms with Gasteiger partial charge in [-0.1, -0.05) is 13.8 Å². The quantitative estimate of drug-likeness (QED) is 0.638. The molecule has 2 aliphatic rings. The number of likely N-dealkylation sites (tertiary alicyclic amines) is 1. The van der Waals surface area contributed by atoms with Gasteiger partial charge in [-0.15, -0.1) is 0 Å². The maximum atomic E-state index is 5.89. The second kappa shape index (κ2) is 9.97. The predicted octanol–water partition coefficient (Wildman–Crippen LogP) is 2.40. The average Bonchev–Trinajstić information content (AvgIpc) is 2.55. The second-order valence-corrected chi connectivity index (χ2v) is 8.01. The molecular formula is C19H39N3O. The highest BCUT2D eigenvalue weighted by molar-refractivity contribution is 4.75. The van der Waals surface area contributed by atoms with E-state index in [4.69, 9.17) is 4.74 Å². The summed E-state index contributed by atoms with van der Waals surface area (Å²) < 4.78 is 5.89. The molecule has 0 aromatic carbocycles. The number of nitrogens with zero attached hydrogens (tertiary/aromatic N) is 3. The van der Waals surface area contributed by atoms with Gasteiger partial charge in [0.25, 0.3) is 0 Å². The van der Waals surface area contributed by atoms with Crippen LogP contribution in [0.3, 0.4) is 0 Å². The molecule has 4 nitrogen and oxygen atoms in total. The minimum atomic E-state index is 0.688. The van der Waals surface area contributed by atoms with Crippen molar-refractivity contribution >= 4 is 0 Å². The largest absolute Gasteiger partial charge is 0.379 e. The Labute approximate surface area is 144 Å². The van der Waals surface area contributed by atoms with Crippen LogP contribution in [0, 0.1) is 11.8 Å². The monoisotopic (exact) mass is 325 g/mol. The number of ether oxygens (including phenoxy) is 1. The normalized spacial score (nSPS) is 23.2. The van der Waals surface area contributed by atoms with Crippen LogP contribution in [0.15, 0.2) is 0 Å². The number of piperidine rings is 1. The zero-order valence-electron chi connectivity index (χ0n) is 16.0. The summed E-state index contributed by atoms with van der Waals surface area (Å²) >= 11 is 0. The first kappa shape index (κ1) is 19.2. The molecular weight excluding hydrogens is 286 g/mol. The van der Waals surface area contributed by atoms with E-state index in [1.807, 2.05) is 0 Å². The first-order valence-corrected chi connectivity index (χ1v) is 9.82. The fourth-order valence-electron chi connectivity index (χ4n) is 3.84. The summed E-state index contributed by atoms with van der Waals surface area (Å²) in [6.07, 6.45) is 2.75. The van der Waals surface area contributed by atoms with E-state index in [9.17, 15) is 0 Å². The zero-order chi connectivity index (χ0) is 16.7. The molecule has 0 aromatic heterocycles. The van der Waals surface area contributed by atoms with Gasteiger partial charge in [0.2, 0.25) is 0 Å². The Morgan fingerprint density at radius 3 is 1.78 bits per heavy atom. The summed E-state index contributed by atoms with van der Waals surface area (Å²) in [5, 5.41) is 0. The molecule has 0 amide bonds. The van der Waals surface area contributed by atoms with Crippen molar-refractivity contribution in [3.8, 4) is 0 Å². The van der Waals surface area contributed by atoms with Gasteiger partial charge in [0.05, 0.1) is 13.2 Å². The van der Waals surface area contributed by atoms with E-state index < -0.39 is 0 Å². The van der Waals surface area contributed by atoms with Crippen LogP contribution in [0.5, 0.6) is 0 Å². The van der Waals surface area contributed by atoms with Crippen molar-refractivity contribution in [2.75, 3.05) is 65.6 Å². The lowest BCUT2D eigenvalue weighted by atomic mass is 9.87. The van der Waals surface area contributed by atoms with Crippen LogP contribution in [-0.2, 0) is 4.74 Å². The van der Waals surface area contributed by atoms with Crippen LogP contribution < -0.4 is 0 Å². The maximum Gasteiger partial charge on any atom is 0.0594 e. The Balaban J connectivity index is 1.46. The molecule has 2 rings (SSSR count). The molecule has 2 heterocycles. The van der Waals surface area contributed by atoms with Crippen LogP contribution in [0.4, 0.5) is 0 Å². The molecule has 2 fully saturated rings. The van der Waals surface area contributed by atoms with Gasteiger partial charge in [-0.05, 0) is 51.6 Å². The molecule has 2 aliphatic heterocycles. The Morgan fingerprint density at radius 1 is 0.783 bits per heavy atom. The highest BCUT2D eigenvalue weighted by Crippen LogP contribution is 2.24. The summed E-state index contributed by atoms with van der Waals surface area (Å²) in [5.41, 5.74) is 0. The minimum absolute atomic E-state index is 0.688. The molecule has 0 spiro atoms. The Kier molecular flexibility index (Phi) is 8.31. The smallest absolute Gasteiger partial charge is 0.0594 e. The lowest BCUT2D eigenvalue weighted by Crippen LogP contribution is -2.49. The maximum absolute atomic E-state index is 5.89. The summed E-state index contributed by atoms with van der Waals surface area (Å²) in [4.78, 5) is 7.70. The van der Waals surface area contributed by atoms with E-state index in [0.717, 1.165) is 38.1 Å². The van der Waals surface area contributed by atoms with Crippen LogP contribution >= 0.6 is 0 Å². The van der Waals surface area contributed by atoms with E-state index >= 15 is 0 Å². The van der Waals surface area contributed by atoms with E-state index in [2.05, 4.69) is 42.4 Å². The first-order chi connectivity index (χ1) is 11.1. The van der Waals surface area contributed by atoms with Crippen molar-refractivity contribution in [2.45, 2.75) is 46.6 Å². The average molecular weight is 326 g/mol. The van der Waals surface area contributed by atoms with Gasteiger partial charge in [-0.2, -0.15) is 0 Å².